The Morgan fingerprint density at radius 1 is 1.43 bits per heavy atom. The number of carbonyl (C=O) groups excluding carboxylic acids is 1. The third-order valence-corrected chi connectivity index (χ3v) is 4.84. The molecule has 2 N–H and O–H groups in total. The highest BCUT2D eigenvalue weighted by Crippen LogP contribution is 2.25. The topological polar surface area (TPSA) is 41.1 Å². The Balaban J connectivity index is 0.00000264. The molecule has 1 saturated heterocycles. The zero-order valence-electron chi connectivity index (χ0n) is 13.3. The molecule has 0 saturated carbocycles. The van der Waals surface area contributed by atoms with Gasteiger partial charge in [-0.25, -0.2) is 8.78 Å². The van der Waals surface area contributed by atoms with Gasteiger partial charge in [0.15, 0.2) is 0 Å². The Bertz CT molecular complexity index is 525. The number of hydrogen-bond donors (Lipinski definition) is 2. The van der Waals surface area contributed by atoms with Crippen LogP contribution < -0.4 is 10.6 Å². The molecule has 3 nitrogen and oxygen atoms in total. The maximum atomic E-state index is 14.0. The number of benzene rings is 1. The van der Waals surface area contributed by atoms with E-state index in [1.807, 2.05) is 25.6 Å². The summed E-state index contributed by atoms with van der Waals surface area (Å²) in [4.78, 5) is 12.2. The van der Waals surface area contributed by atoms with E-state index in [0.29, 0.717) is 12.0 Å². The molecular formula is C16H23ClF2N2OS. The second kappa shape index (κ2) is 9.45. The number of carbonyl (C=O) groups is 1. The van der Waals surface area contributed by atoms with Crippen molar-refractivity contribution in [2.24, 2.45) is 5.92 Å². The fourth-order valence-corrected chi connectivity index (χ4v) is 3.51. The predicted molar refractivity (Wildman–Crippen MR) is 93.1 cm³/mol. The Labute approximate surface area is 146 Å². The van der Waals surface area contributed by atoms with Crippen molar-refractivity contribution in [1.82, 2.24) is 10.6 Å². The molecule has 0 bridgehead atoms. The molecule has 1 aromatic carbocycles. The highest BCUT2D eigenvalue weighted by Gasteiger charge is 2.24. The van der Waals surface area contributed by atoms with Gasteiger partial charge in [-0.3, -0.25) is 4.79 Å². The van der Waals surface area contributed by atoms with Crippen LogP contribution in [0.1, 0.15) is 31.9 Å². The van der Waals surface area contributed by atoms with Crippen LogP contribution in [0.4, 0.5) is 8.78 Å². The molecule has 0 spiro atoms. The van der Waals surface area contributed by atoms with Crippen molar-refractivity contribution in [3.05, 3.63) is 35.4 Å². The second-order valence-electron chi connectivity index (χ2n) is 5.89. The molecular weight excluding hydrogens is 342 g/mol. The monoisotopic (exact) mass is 364 g/mol. The highest BCUT2D eigenvalue weighted by molar-refractivity contribution is 7.99. The zero-order valence-corrected chi connectivity index (χ0v) is 14.9. The van der Waals surface area contributed by atoms with E-state index in [9.17, 15) is 13.6 Å². The quantitative estimate of drug-likeness (QED) is 0.842. The van der Waals surface area contributed by atoms with Crippen molar-refractivity contribution in [2.45, 2.75) is 32.4 Å². The van der Waals surface area contributed by atoms with Gasteiger partial charge in [0.25, 0.3) is 0 Å². The molecule has 7 heteroatoms. The molecule has 2 unspecified atom stereocenters. The summed E-state index contributed by atoms with van der Waals surface area (Å²) >= 11 is 1.83. The van der Waals surface area contributed by atoms with Crippen LogP contribution in [0.25, 0.3) is 0 Å². The summed E-state index contributed by atoms with van der Waals surface area (Å²) in [5, 5.41) is 6.20. The van der Waals surface area contributed by atoms with Crippen LogP contribution in [0.15, 0.2) is 18.2 Å². The van der Waals surface area contributed by atoms with Crippen LogP contribution in [-0.4, -0.2) is 30.0 Å². The lowest BCUT2D eigenvalue weighted by molar-refractivity contribution is -0.122. The van der Waals surface area contributed by atoms with Crippen LogP contribution >= 0.6 is 24.2 Å². The minimum atomic E-state index is -0.620. The number of thioether (sulfide) groups is 1. The number of amides is 1. The van der Waals surface area contributed by atoms with Crippen LogP contribution in [0, 0.1) is 17.6 Å². The van der Waals surface area contributed by atoms with Gasteiger partial charge in [0, 0.05) is 42.1 Å². The largest absolute Gasteiger partial charge is 0.349 e. The molecule has 2 atom stereocenters. The summed E-state index contributed by atoms with van der Waals surface area (Å²) in [6.07, 6.45) is 0.374. The van der Waals surface area contributed by atoms with Gasteiger partial charge in [-0.05, 0) is 12.0 Å². The second-order valence-corrected chi connectivity index (χ2v) is 7.03. The van der Waals surface area contributed by atoms with E-state index in [4.69, 9.17) is 0 Å². The van der Waals surface area contributed by atoms with Gasteiger partial charge in [-0.15, -0.1) is 12.4 Å². The van der Waals surface area contributed by atoms with E-state index >= 15 is 0 Å². The number of rotatable bonds is 5. The van der Waals surface area contributed by atoms with E-state index in [2.05, 4.69) is 10.6 Å². The lowest BCUT2D eigenvalue weighted by atomic mass is 9.95. The van der Waals surface area contributed by atoms with Crippen molar-refractivity contribution >= 4 is 30.1 Å². The molecule has 1 aromatic rings. The maximum Gasteiger partial charge on any atom is 0.222 e. The van der Waals surface area contributed by atoms with E-state index in [0.717, 1.165) is 24.1 Å². The Morgan fingerprint density at radius 2 is 2.17 bits per heavy atom. The third kappa shape index (κ3) is 5.94. The highest BCUT2D eigenvalue weighted by atomic mass is 35.5. The van der Waals surface area contributed by atoms with Gasteiger partial charge >= 0.3 is 0 Å². The van der Waals surface area contributed by atoms with E-state index in [1.54, 1.807) is 0 Å². The number of hydrogen-bond acceptors (Lipinski definition) is 3. The average Bonchev–Trinajstić information content (AvgIpc) is 2.46. The first kappa shape index (κ1) is 20.2. The summed E-state index contributed by atoms with van der Waals surface area (Å²) in [5.74, 6) is 0.641. The lowest BCUT2D eigenvalue weighted by Crippen LogP contribution is -2.42. The molecule has 1 aliphatic heterocycles. The summed E-state index contributed by atoms with van der Waals surface area (Å²) in [6, 6.07) is 3.19. The smallest absolute Gasteiger partial charge is 0.222 e. The standard InChI is InChI=1S/C16H22F2N2OS.ClH/c1-10(2)16(13-4-3-11(17)7-14(13)18)20-15(21)8-12-9-22-6-5-19-12;/h3-4,7,10,12,16,19H,5-6,8-9H2,1-2H3,(H,20,21);1H. The number of halogens is 3. The van der Waals surface area contributed by atoms with Crippen LogP contribution in [0.5, 0.6) is 0 Å². The normalized spacial score (nSPS) is 19.1. The first-order chi connectivity index (χ1) is 10.5. The molecule has 2 rings (SSSR count). The minimum absolute atomic E-state index is 0. The molecule has 1 fully saturated rings. The predicted octanol–water partition coefficient (Wildman–Crippen LogP) is 3.30. The van der Waals surface area contributed by atoms with Gasteiger partial charge in [-0.1, -0.05) is 19.9 Å². The van der Waals surface area contributed by atoms with Gasteiger partial charge in [0.1, 0.15) is 11.6 Å². The molecule has 130 valence electrons. The van der Waals surface area contributed by atoms with E-state index in [-0.39, 0.29) is 30.3 Å². The molecule has 1 amide bonds. The van der Waals surface area contributed by atoms with Gasteiger partial charge in [0.05, 0.1) is 6.04 Å². The van der Waals surface area contributed by atoms with Gasteiger partial charge < -0.3 is 10.6 Å². The van der Waals surface area contributed by atoms with E-state index < -0.39 is 17.7 Å². The third-order valence-electron chi connectivity index (χ3n) is 3.71. The summed E-state index contributed by atoms with van der Waals surface area (Å²) in [5.41, 5.74) is 0.329. The van der Waals surface area contributed by atoms with Gasteiger partial charge in [-0.2, -0.15) is 11.8 Å². The summed E-state index contributed by atoms with van der Waals surface area (Å²) in [7, 11) is 0. The minimum Gasteiger partial charge on any atom is -0.349 e. The SMILES string of the molecule is CC(C)C(NC(=O)CC1CSCCN1)c1ccc(F)cc1F.Cl. The van der Waals surface area contributed by atoms with Crippen molar-refractivity contribution < 1.29 is 13.6 Å². The molecule has 23 heavy (non-hydrogen) atoms. The molecule has 0 radical (unpaired) electrons. The first-order valence-corrected chi connectivity index (χ1v) is 8.68. The Morgan fingerprint density at radius 3 is 2.74 bits per heavy atom. The van der Waals surface area contributed by atoms with Crippen LogP contribution in [0.2, 0.25) is 0 Å². The fourth-order valence-electron chi connectivity index (χ4n) is 2.56. The fraction of sp³-hybridized carbons (Fsp3) is 0.562. The van der Waals surface area contributed by atoms with Crippen molar-refractivity contribution in [2.75, 3.05) is 18.1 Å². The van der Waals surface area contributed by atoms with Gasteiger partial charge in [0.2, 0.25) is 5.91 Å². The first-order valence-electron chi connectivity index (χ1n) is 7.53. The Hall–Kier alpha value is -0.850. The number of nitrogens with one attached hydrogen (secondary N) is 2. The molecule has 1 aliphatic rings. The molecule has 0 aliphatic carbocycles. The molecule has 0 aromatic heterocycles. The van der Waals surface area contributed by atoms with Crippen LogP contribution in [-0.2, 0) is 4.79 Å². The zero-order chi connectivity index (χ0) is 16.1. The average molecular weight is 365 g/mol. The molecule has 1 heterocycles. The maximum absolute atomic E-state index is 14.0. The van der Waals surface area contributed by atoms with Crippen molar-refractivity contribution in [3.8, 4) is 0 Å². The van der Waals surface area contributed by atoms with Crippen molar-refractivity contribution in [1.29, 1.82) is 0 Å². The van der Waals surface area contributed by atoms with Crippen LogP contribution in [0.3, 0.4) is 0 Å². The summed E-state index contributed by atoms with van der Waals surface area (Å²) < 4.78 is 27.0. The summed E-state index contributed by atoms with van der Waals surface area (Å²) in [6.45, 7) is 4.72. The Kier molecular flexibility index (Phi) is 8.29. The van der Waals surface area contributed by atoms with E-state index in [1.165, 1.54) is 12.1 Å². The van der Waals surface area contributed by atoms with Crippen molar-refractivity contribution in [3.63, 3.8) is 0 Å². The lowest BCUT2D eigenvalue weighted by Gasteiger charge is -2.26.